The van der Waals surface area contributed by atoms with Crippen LogP contribution in [0, 0.1) is 52.3 Å². The highest BCUT2D eigenvalue weighted by Gasteiger charge is 2.70. The number of rotatable bonds is 1. The number of aliphatic hydroxyl groups is 1. The predicted molar refractivity (Wildman–Crippen MR) is 129 cm³/mol. The van der Waals surface area contributed by atoms with E-state index in [2.05, 4.69) is 27.7 Å². The van der Waals surface area contributed by atoms with Crippen LogP contribution in [0.1, 0.15) is 92.4 Å². The van der Waals surface area contributed by atoms with E-state index >= 15 is 0 Å². The van der Waals surface area contributed by atoms with Crippen LogP contribution in [0.5, 0.6) is 0 Å². The quantitative estimate of drug-likeness (QED) is 0.520. The number of aliphatic hydroxyl groups excluding tert-OH is 1. The highest BCUT2D eigenvalue weighted by Crippen LogP contribution is 2.71. The lowest BCUT2D eigenvalue weighted by Crippen LogP contribution is -2.59. The average molecular weight is 475 g/mol. The zero-order chi connectivity index (χ0) is 24.0. The summed E-state index contributed by atoms with van der Waals surface area (Å²) in [6.45, 7) is 12.1. The maximum atomic E-state index is 12.1. The Labute approximate surface area is 205 Å². The molecule has 1 spiro atoms. The lowest BCUT2D eigenvalue weighted by molar-refractivity contribution is -0.273. The molecule has 2 aliphatic heterocycles. The fraction of sp³-hybridized carbons (Fsp3) is 0.966. The van der Waals surface area contributed by atoms with Crippen LogP contribution < -0.4 is 0 Å². The van der Waals surface area contributed by atoms with Crippen LogP contribution in [-0.2, 0) is 19.0 Å². The van der Waals surface area contributed by atoms with E-state index in [1.165, 1.54) is 19.3 Å². The normalized spacial score (nSPS) is 58.5. The van der Waals surface area contributed by atoms with Gasteiger partial charge in [-0.05, 0) is 91.8 Å². The van der Waals surface area contributed by atoms with Crippen molar-refractivity contribution in [2.75, 3.05) is 6.61 Å². The zero-order valence-corrected chi connectivity index (χ0v) is 21.9. The van der Waals surface area contributed by atoms with Gasteiger partial charge >= 0.3 is 5.97 Å². The first-order valence-corrected chi connectivity index (χ1v) is 14.2. The summed E-state index contributed by atoms with van der Waals surface area (Å²) in [5.41, 5.74) is 0.414. The smallest absolute Gasteiger partial charge is 0.302 e. The molecule has 4 aliphatic carbocycles. The minimum Gasteiger partial charge on any atom is -0.462 e. The molecule has 4 saturated carbocycles. The fourth-order valence-corrected chi connectivity index (χ4v) is 10.6. The summed E-state index contributed by atoms with van der Waals surface area (Å²) in [7, 11) is 0. The summed E-state index contributed by atoms with van der Waals surface area (Å²) < 4.78 is 19.4. The second kappa shape index (κ2) is 7.92. The first kappa shape index (κ1) is 23.7. The summed E-state index contributed by atoms with van der Waals surface area (Å²) in [5, 5.41) is 10.5. The van der Waals surface area contributed by atoms with Crippen LogP contribution in [0.2, 0.25) is 0 Å². The largest absolute Gasteiger partial charge is 0.462 e. The third kappa shape index (κ3) is 3.24. The monoisotopic (exact) mass is 474 g/mol. The Balaban J connectivity index is 1.30. The standard InChI is InChI=1S/C29H46O5/c1-16-6-11-29(32-15-16)17(2)26-25(34-29)14-22-20-13-24(33-18(3)30)23-12-19(31)7-9-27(23,4)21(20)8-10-28(22,26)5/h16-17,19-26,31H,6-15H2,1-5H3/t16-,17+,19+,20-,21+,22+,23-,24+,25+,26+,27-,28+,29-/m1/s1. The van der Waals surface area contributed by atoms with Crippen molar-refractivity contribution >= 4 is 5.97 Å². The van der Waals surface area contributed by atoms with Gasteiger partial charge in [-0.25, -0.2) is 0 Å². The molecular weight excluding hydrogens is 428 g/mol. The number of ether oxygens (including phenoxy) is 3. The van der Waals surface area contributed by atoms with E-state index in [9.17, 15) is 9.90 Å². The summed E-state index contributed by atoms with van der Waals surface area (Å²) >= 11 is 0. The van der Waals surface area contributed by atoms with Gasteiger partial charge in [0.2, 0.25) is 0 Å². The SMILES string of the molecule is CC(=O)O[C@H]1C[C@@H]2[C@H](CC[C@]3(C)[C@@H]4[C@H](C[C@@H]23)O[C@]2(CC[C@@H](C)CO2)[C@H]4C)[C@@]2(C)CC[C@H](O)C[C@H]12. The Kier molecular flexibility index (Phi) is 5.53. The number of hydrogen-bond acceptors (Lipinski definition) is 5. The van der Waals surface area contributed by atoms with E-state index in [1.807, 2.05) is 0 Å². The van der Waals surface area contributed by atoms with Gasteiger partial charge < -0.3 is 19.3 Å². The Morgan fingerprint density at radius 2 is 1.71 bits per heavy atom. The van der Waals surface area contributed by atoms with E-state index in [4.69, 9.17) is 14.2 Å². The molecule has 6 aliphatic rings. The summed E-state index contributed by atoms with van der Waals surface area (Å²) in [6.07, 6.45) is 9.55. The second-order valence-electron chi connectivity index (χ2n) is 13.8. The van der Waals surface area contributed by atoms with Crippen LogP contribution >= 0.6 is 0 Å². The highest BCUT2D eigenvalue weighted by molar-refractivity contribution is 5.66. The molecule has 0 aromatic carbocycles. The molecular formula is C29H46O5. The highest BCUT2D eigenvalue weighted by atomic mass is 16.7. The van der Waals surface area contributed by atoms with Crippen molar-refractivity contribution in [3.63, 3.8) is 0 Å². The van der Waals surface area contributed by atoms with Crippen molar-refractivity contribution in [2.45, 2.75) is 117 Å². The molecule has 6 rings (SSSR count). The number of fused-ring (bicyclic) bond motifs is 7. The summed E-state index contributed by atoms with van der Waals surface area (Å²) in [4.78, 5) is 12.1. The van der Waals surface area contributed by atoms with Crippen molar-refractivity contribution in [3.8, 4) is 0 Å². The number of carbonyl (C=O) groups is 1. The third-order valence-corrected chi connectivity index (χ3v) is 12.2. The van der Waals surface area contributed by atoms with Gasteiger partial charge in [-0.1, -0.05) is 27.7 Å². The predicted octanol–water partition coefficient (Wildman–Crippen LogP) is 5.34. The lowest BCUT2D eigenvalue weighted by atomic mass is 9.43. The molecule has 5 nitrogen and oxygen atoms in total. The maximum Gasteiger partial charge on any atom is 0.302 e. The van der Waals surface area contributed by atoms with Gasteiger partial charge in [-0.3, -0.25) is 4.79 Å². The lowest BCUT2D eigenvalue weighted by Gasteiger charge is -2.62. The van der Waals surface area contributed by atoms with E-state index in [1.54, 1.807) is 6.92 Å². The second-order valence-corrected chi connectivity index (χ2v) is 13.8. The molecule has 13 atom stereocenters. The van der Waals surface area contributed by atoms with Gasteiger partial charge in [0.25, 0.3) is 0 Å². The Morgan fingerprint density at radius 1 is 0.941 bits per heavy atom. The molecule has 0 unspecified atom stereocenters. The molecule has 0 aromatic rings. The van der Waals surface area contributed by atoms with Crippen LogP contribution in [0.25, 0.3) is 0 Å². The van der Waals surface area contributed by atoms with E-state index in [0.29, 0.717) is 41.6 Å². The number of hydrogen-bond donors (Lipinski definition) is 1. The molecule has 0 aromatic heterocycles. The van der Waals surface area contributed by atoms with Crippen molar-refractivity contribution in [3.05, 3.63) is 0 Å². The molecule has 0 amide bonds. The van der Waals surface area contributed by atoms with E-state index in [0.717, 1.165) is 45.1 Å². The number of esters is 1. The average Bonchev–Trinajstić information content (AvgIpc) is 3.22. The van der Waals surface area contributed by atoms with Gasteiger partial charge in [-0.2, -0.15) is 0 Å². The molecule has 192 valence electrons. The number of carbonyl (C=O) groups excluding carboxylic acids is 1. The van der Waals surface area contributed by atoms with E-state index in [-0.39, 0.29) is 40.7 Å². The molecule has 6 fully saturated rings. The van der Waals surface area contributed by atoms with Gasteiger partial charge in [0.05, 0.1) is 18.8 Å². The minimum absolute atomic E-state index is 0.0608. The van der Waals surface area contributed by atoms with Crippen LogP contribution in [0.15, 0.2) is 0 Å². The van der Waals surface area contributed by atoms with Gasteiger partial charge in [-0.15, -0.1) is 0 Å². The van der Waals surface area contributed by atoms with E-state index < -0.39 is 0 Å². The van der Waals surface area contributed by atoms with Crippen molar-refractivity contribution in [1.29, 1.82) is 0 Å². The van der Waals surface area contributed by atoms with Gasteiger partial charge in [0, 0.05) is 25.2 Å². The molecule has 2 saturated heterocycles. The minimum atomic E-state index is -0.365. The summed E-state index contributed by atoms with van der Waals surface area (Å²) in [5.74, 6) is 3.20. The topological polar surface area (TPSA) is 65.0 Å². The van der Waals surface area contributed by atoms with Crippen LogP contribution in [0.4, 0.5) is 0 Å². The molecule has 0 radical (unpaired) electrons. The Bertz CT molecular complexity index is 819. The fourth-order valence-electron chi connectivity index (χ4n) is 10.6. The van der Waals surface area contributed by atoms with Crippen LogP contribution in [-0.4, -0.2) is 41.8 Å². The Morgan fingerprint density at radius 3 is 2.41 bits per heavy atom. The Hall–Kier alpha value is -0.650. The molecule has 1 N–H and O–H groups in total. The molecule has 5 heteroatoms. The third-order valence-electron chi connectivity index (χ3n) is 12.2. The first-order valence-electron chi connectivity index (χ1n) is 14.2. The van der Waals surface area contributed by atoms with Crippen molar-refractivity contribution < 1.29 is 24.1 Å². The van der Waals surface area contributed by atoms with Crippen molar-refractivity contribution in [1.82, 2.24) is 0 Å². The van der Waals surface area contributed by atoms with Gasteiger partial charge in [0.1, 0.15) is 6.10 Å². The zero-order valence-electron chi connectivity index (χ0n) is 21.9. The van der Waals surface area contributed by atoms with Crippen LogP contribution in [0.3, 0.4) is 0 Å². The van der Waals surface area contributed by atoms with Gasteiger partial charge in [0.15, 0.2) is 5.79 Å². The molecule has 34 heavy (non-hydrogen) atoms. The molecule has 2 heterocycles. The van der Waals surface area contributed by atoms with Crippen molar-refractivity contribution in [2.24, 2.45) is 52.3 Å². The summed E-state index contributed by atoms with van der Waals surface area (Å²) in [6, 6.07) is 0. The molecule has 0 bridgehead atoms. The first-order chi connectivity index (χ1) is 16.1. The maximum absolute atomic E-state index is 12.1.